The van der Waals surface area contributed by atoms with E-state index >= 15 is 0 Å². The zero-order valence-corrected chi connectivity index (χ0v) is 12.0. The quantitative estimate of drug-likeness (QED) is 0.846. The number of rotatable bonds is 4. The Bertz CT molecular complexity index is 431. The SMILES string of the molecule is Cc1ccc(C(=O)NCC(Cl)C2CC2)cc1Br. The Morgan fingerprint density at radius 2 is 2.29 bits per heavy atom. The number of carbonyl (C=O) groups is 1. The summed E-state index contributed by atoms with van der Waals surface area (Å²) in [5, 5.41) is 2.95. The number of aryl methyl sites for hydroxylation is 1. The predicted octanol–water partition coefficient (Wildman–Crippen LogP) is 3.50. The minimum absolute atomic E-state index is 0.0583. The Kier molecular flexibility index (Phi) is 4.10. The summed E-state index contributed by atoms with van der Waals surface area (Å²) in [4.78, 5) is 11.9. The predicted molar refractivity (Wildman–Crippen MR) is 73.6 cm³/mol. The summed E-state index contributed by atoms with van der Waals surface area (Å²) < 4.78 is 0.953. The van der Waals surface area contributed by atoms with Gasteiger partial charge in [-0.05, 0) is 43.4 Å². The van der Waals surface area contributed by atoms with Crippen molar-refractivity contribution >= 4 is 33.4 Å². The van der Waals surface area contributed by atoms with E-state index < -0.39 is 0 Å². The summed E-state index contributed by atoms with van der Waals surface area (Å²) in [6, 6.07) is 5.60. The average molecular weight is 317 g/mol. The summed E-state index contributed by atoms with van der Waals surface area (Å²) in [7, 11) is 0. The maximum Gasteiger partial charge on any atom is 0.251 e. The Hall–Kier alpha value is -0.540. The van der Waals surface area contributed by atoms with Gasteiger partial charge in [0, 0.05) is 16.6 Å². The number of carbonyl (C=O) groups excluding carboxylic acids is 1. The van der Waals surface area contributed by atoms with Gasteiger partial charge in [0.1, 0.15) is 0 Å². The summed E-state index contributed by atoms with van der Waals surface area (Å²) in [6.07, 6.45) is 2.39. The fourth-order valence-electron chi connectivity index (χ4n) is 1.65. The maximum atomic E-state index is 11.9. The Labute approximate surface area is 115 Å². The van der Waals surface area contributed by atoms with Crippen LogP contribution in [0.5, 0.6) is 0 Å². The van der Waals surface area contributed by atoms with Crippen LogP contribution in [0.15, 0.2) is 22.7 Å². The van der Waals surface area contributed by atoms with Gasteiger partial charge in [-0.1, -0.05) is 22.0 Å². The minimum Gasteiger partial charge on any atom is -0.351 e. The van der Waals surface area contributed by atoms with Crippen molar-refractivity contribution in [1.29, 1.82) is 0 Å². The molecule has 1 aliphatic rings. The van der Waals surface area contributed by atoms with Crippen LogP contribution in [0.3, 0.4) is 0 Å². The Morgan fingerprint density at radius 3 is 2.88 bits per heavy atom. The molecule has 0 aliphatic heterocycles. The van der Waals surface area contributed by atoms with Crippen LogP contribution < -0.4 is 5.32 Å². The second-order valence-electron chi connectivity index (χ2n) is 4.53. The van der Waals surface area contributed by atoms with E-state index in [1.54, 1.807) is 0 Å². The van der Waals surface area contributed by atoms with Crippen molar-refractivity contribution in [1.82, 2.24) is 5.32 Å². The van der Waals surface area contributed by atoms with Gasteiger partial charge in [-0.3, -0.25) is 4.79 Å². The lowest BCUT2D eigenvalue weighted by atomic mass is 10.1. The lowest BCUT2D eigenvalue weighted by Crippen LogP contribution is -2.30. The summed E-state index contributed by atoms with van der Waals surface area (Å²) in [6.45, 7) is 2.55. The zero-order valence-electron chi connectivity index (χ0n) is 9.67. The van der Waals surface area contributed by atoms with Gasteiger partial charge >= 0.3 is 0 Å². The molecule has 1 saturated carbocycles. The van der Waals surface area contributed by atoms with Gasteiger partial charge in [0.25, 0.3) is 5.91 Å². The molecule has 2 rings (SSSR count). The highest BCUT2D eigenvalue weighted by atomic mass is 79.9. The fourth-order valence-corrected chi connectivity index (χ4v) is 2.36. The van der Waals surface area contributed by atoms with Crippen molar-refractivity contribution in [3.05, 3.63) is 33.8 Å². The molecule has 1 N–H and O–H groups in total. The van der Waals surface area contributed by atoms with E-state index in [2.05, 4.69) is 21.2 Å². The second-order valence-corrected chi connectivity index (χ2v) is 5.94. The Morgan fingerprint density at radius 1 is 1.59 bits per heavy atom. The molecule has 0 heterocycles. The first-order chi connectivity index (χ1) is 8.08. The maximum absolute atomic E-state index is 11.9. The molecule has 1 fully saturated rings. The minimum atomic E-state index is -0.0583. The monoisotopic (exact) mass is 315 g/mol. The number of halogens is 2. The van der Waals surface area contributed by atoms with Crippen LogP contribution in [0.2, 0.25) is 0 Å². The van der Waals surface area contributed by atoms with Gasteiger partial charge in [-0.15, -0.1) is 11.6 Å². The molecule has 1 atom stereocenters. The van der Waals surface area contributed by atoms with E-state index in [9.17, 15) is 4.79 Å². The molecule has 1 amide bonds. The first kappa shape index (κ1) is 12.9. The number of amides is 1. The van der Waals surface area contributed by atoms with Crippen LogP contribution in [-0.2, 0) is 0 Å². The van der Waals surface area contributed by atoms with Gasteiger partial charge in [0.15, 0.2) is 0 Å². The van der Waals surface area contributed by atoms with Gasteiger partial charge in [0.2, 0.25) is 0 Å². The first-order valence-electron chi connectivity index (χ1n) is 5.76. The highest BCUT2D eigenvalue weighted by molar-refractivity contribution is 9.10. The molecule has 1 unspecified atom stereocenters. The molecule has 2 nitrogen and oxygen atoms in total. The molecule has 0 radical (unpaired) electrons. The normalized spacial score (nSPS) is 16.6. The third-order valence-electron chi connectivity index (χ3n) is 3.03. The fraction of sp³-hybridized carbons (Fsp3) is 0.462. The van der Waals surface area contributed by atoms with Crippen LogP contribution in [0, 0.1) is 12.8 Å². The summed E-state index contributed by atoms with van der Waals surface area (Å²) in [5.41, 5.74) is 1.79. The zero-order chi connectivity index (χ0) is 12.4. The summed E-state index contributed by atoms with van der Waals surface area (Å²) >= 11 is 9.56. The van der Waals surface area contributed by atoms with Crippen molar-refractivity contribution < 1.29 is 4.79 Å². The molecule has 0 bridgehead atoms. The number of benzene rings is 1. The Balaban J connectivity index is 1.92. The van der Waals surface area contributed by atoms with E-state index in [1.165, 1.54) is 12.8 Å². The van der Waals surface area contributed by atoms with E-state index in [-0.39, 0.29) is 11.3 Å². The highest BCUT2D eigenvalue weighted by Crippen LogP contribution is 2.35. The van der Waals surface area contributed by atoms with Gasteiger partial charge < -0.3 is 5.32 Å². The molecule has 1 aliphatic carbocycles. The van der Waals surface area contributed by atoms with Crippen LogP contribution in [-0.4, -0.2) is 17.8 Å². The van der Waals surface area contributed by atoms with Crippen LogP contribution in [0.1, 0.15) is 28.8 Å². The molecule has 92 valence electrons. The van der Waals surface area contributed by atoms with E-state index in [4.69, 9.17) is 11.6 Å². The van der Waals surface area contributed by atoms with Gasteiger partial charge in [0.05, 0.1) is 5.38 Å². The van der Waals surface area contributed by atoms with E-state index in [0.29, 0.717) is 18.0 Å². The van der Waals surface area contributed by atoms with Crippen molar-refractivity contribution in [3.63, 3.8) is 0 Å². The molecular formula is C13H15BrClNO. The number of hydrogen-bond donors (Lipinski definition) is 1. The van der Waals surface area contributed by atoms with Crippen molar-refractivity contribution in [2.24, 2.45) is 5.92 Å². The van der Waals surface area contributed by atoms with E-state index in [0.717, 1.165) is 10.0 Å². The number of alkyl halides is 1. The van der Waals surface area contributed by atoms with Crippen molar-refractivity contribution in [2.45, 2.75) is 25.1 Å². The molecular weight excluding hydrogens is 302 g/mol. The highest BCUT2D eigenvalue weighted by Gasteiger charge is 2.29. The topological polar surface area (TPSA) is 29.1 Å². The van der Waals surface area contributed by atoms with Crippen molar-refractivity contribution in [3.8, 4) is 0 Å². The smallest absolute Gasteiger partial charge is 0.251 e. The summed E-state index contributed by atoms with van der Waals surface area (Å²) in [5.74, 6) is 0.540. The van der Waals surface area contributed by atoms with Crippen LogP contribution in [0.4, 0.5) is 0 Å². The lowest BCUT2D eigenvalue weighted by molar-refractivity contribution is 0.0953. The molecule has 1 aromatic carbocycles. The number of nitrogens with one attached hydrogen (secondary N) is 1. The second kappa shape index (κ2) is 5.40. The molecule has 0 aromatic heterocycles. The standard InChI is InChI=1S/C13H15BrClNO/c1-8-2-3-10(6-11(8)14)13(17)16-7-12(15)9-4-5-9/h2-3,6,9,12H,4-5,7H2,1H3,(H,16,17). The van der Waals surface area contributed by atoms with Crippen molar-refractivity contribution in [2.75, 3.05) is 6.54 Å². The average Bonchev–Trinajstić information content (AvgIpc) is 3.13. The van der Waals surface area contributed by atoms with Crippen LogP contribution in [0.25, 0.3) is 0 Å². The van der Waals surface area contributed by atoms with E-state index in [1.807, 2.05) is 25.1 Å². The molecule has 0 spiro atoms. The lowest BCUT2D eigenvalue weighted by Gasteiger charge is -2.10. The first-order valence-corrected chi connectivity index (χ1v) is 6.99. The molecule has 0 saturated heterocycles. The molecule has 1 aromatic rings. The van der Waals surface area contributed by atoms with Gasteiger partial charge in [-0.2, -0.15) is 0 Å². The van der Waals surface area contributed by atoms with Gasteiger partial charge in [-0.25, -0.2) is 0 Å². The third kappa shape index (κ3) is 3.46. The number of hydrogen-bond acceptors (Lipinski definition) is 1. The molecule has 17 heavy (non-hydrogen) atoms. The molecule has 4 heteroatoms. The largest absolute Gasteiger partial charge is 0.351 e. The third-order valence-corrected chi connectivity index (χ3v) is 4.39. The van der Waals surface area contributed by atoms with Crippen LogP contribution >= 0.6 is 27.5 Å².